The zero-order valence-electron chi connectivity index (χ0n) is 10.00. The molecule has 4 heteroatoms. The van der Waals surface area contributed by atoms with E-state index < -0.39 is 0 Å². The first-order valence-electron chi connectivity index (χ1n) is 6.31. The zero-order chi connectivity index (χ0) is 11.4. The molecule has 2 N–H and O–H groups in total. The first-order valence-corrected chi connectivity index (χ1v) is 6.31. The summed E-state index contributed by atoms with van der Waals surface area (Å²) in [6.45, 7) is 2.20. The summed E-state index contributed by atoms with van der Waals surface area (Å²) < 4.78 is 5.18. The molecule has 0 aromatic rings. The number of carbonyl (C=O) groups is 1. The summed E-state index contributed by atoms with van der Waals surface area (Å²) in [7, 11) is 1.73. The van der Waals surface area contributed by atoms with Gasteiger partial charge in [-0.15, -0.1) is 0 Å². The van der Waals surface area contributed by atoms with E-state index in [2.05, 4.69) is 10.6 Å². The van der Waals surface area contributed by atoms with Gasteiger partial charge in [0.1, 0.15) is 0 Å². The van der Waals surface area contributed by atoms with Gasteiger partial charge in [0.2, 0.25) is 5.91 Å². The lowest BCUT2D eigenvalue weighted by Gasteiger charge is -2.34. The lowest BCUT2D eigenvalue weighted by molar-refractivity contribution is -0.123. The summed E-state index contributed by atoms with van der Waals surface area (Å²) in [5, 5.41) is 6.39. The molecule has 92 valence electrons. The molecule has 1 amide bonds. The smallest absolute Gasteiger partial charge is 0.220 e. The van der Waals surface area contributed by atoms with E-state index in [-0.39, 0.29) is 5.91 Å². The van der Waals surface area contributed by atoms with Gasteiger partial charge >= 0.3 is 0 Å². The predicted octanol–water partition coefficient (Wildman–Crippen LogP) is 0.670. The fourth-order valence-corrected chi connectivity index (χ4v) is 2.47. The topological polar surface area (TPSA) is 50.4 Å². The molecule has 1 aliphatic heterocycles. The molecule has 0 bridgehead atoms. The predicted molar refractivity (Wildman–Crippen MR) is 62.2 cm³/mol. The highest BCUT2D eigenvalue weighted by molar-refractivity contribution is 5.76. The Labute approximate surface area is 97.1 Å². The second kappa shape index (κ2) is 5.64. The van der Waals surface area contributed by atoms with E-state index in [9.17, 15) is 4.79 Å². The highest BCUT2D eigenvalue weighted by Crippen LogP contribution is 2.22. The van der Waals surface area contributed by atoms with Crippen LogP contribution in [0.2, 0.25) is 0 Å². The molecule has 1 heterocycles. The van der Waals surface area contributed by atoms with E-state index in [0.29, 0.717) is 24.5 Å². The number of carbonyl (C=O) groups excluding carboxylic acids is 1. The van der Waals surface area contributed by atoms with Gasteiger partial charge < -0.3 is 15.4 Å². The van der Waals surface area contributed by atoms with Crippen molar-refractivity contribution in [2.24, 2.45) is 5.92 Å². The van der Waals surface area contributed by atoms with Crippen LogP contribution < -0.4 is 10.6 Å². The van der Waals surface area contributed by atoms with Crippen LogP contribution >= 0.6 is 0 Å². The molecule has 2 fully saturated rings. The number of ether oxygens (including phenoxy) is 1. The average Bonchev–Trinajstić information content (AvgIpc) is 2.72. The molecule has 0 aromatic heterocycles. The first kappa shape index (κ1) is 11.9. The summed E-state index contributed by atoms with van der Waals surface area (Å²) in [6.07, 6.45) is 5.26. The van der Waals surface area contributed by atoms with E-state index in [0.717, 1.165) is 32.4 Å². The van der Waals surface area contributed by atoms with E-state index >= 15 is 0 Å². The fraction of sp³-hybridized carbons (Fsp3) is 0.917. The largest absolute Gasteiger partial charge is 0.381 e. The molecule has 0 aromatic carbocycles. The number of hydrogen-bond donors (Lipinski definition) is 2. The number of rotatable bonds is 5. The molecule has 1 atom stereocenters. The van der Waals surface area contributed by atoms with Crippen molar-refractivity contribution in [3.8, 4) is 0 Å². The van der Waals surface area contributed by atoms with Gasteiger partial charge in [0.15, 0.2) is 0 Å². The minimum atomic E-state index is 0.214. The molecule has 2 rings (SSSR count). The molecule has 4 nitrogen and oxygen atoms in total. The fourth-order valence-electron chi connectivity index (χ4n) is 2.47. The van der Waals surface area contributed by atoms with Gasteiger partial charge in [-0.25, -0.2) is 0 Å². The average molecular weight is 226 g/mol. The molecule has 1 unspecified atom stereocenters. The van der Waals surface area contributed by atoms with Gasteiger partial charge in [-0.2, -0.15) is 0 Å². The summed E-state index contributed by atoms with van der Waals surface area (Å²) >= 11 is 0. The van der Waals surface area contributed by atoms with Crippen molar-refractivity contribution in [2.45, 2.75) is 44.2 Å². The van der Waals surface area contributed by atoms with E-state index in [1.807, 2.05) is 0 Å². The van der Waals surface area contributed by atoms with Crippen molar-refractivity contribution in [1.82, 2.24) is 10.6 Å². The maximum atomic E-state index is 11.6. The van der Waals surface area contributed by atoms with Gasteiger partial charge in [-0.3, -0.25) is 4.79 Å². The van der Waals surface area contributed by atoms with Crippen LogP contribution in [-0.4, -0.2) is 38.3 Å². The van der Waals surface area contributed by atoms with Gasteiger partial charge in [0.05, 0.1) is 6.10 Å². The molecule has 0 radical (unpaired) electrons. The summed E-state index contributed by atoms with van der Waals surface area (Å²) in [4.78, 5) is 11.6. The van der Waals surface area contributed by atoms with Gasteiger partial charge in [0.25, 0.3) is 0 Å². The van der Waals surface area contributed by atoms with Crippen molar-refractivity contribution in [3.05, 3.63) is 0 Å². The maximum Gasteiger partial charge on any atom is 0.220 e. The van der Waals surface area contributed by atoms with E-state index in [1.54, 1.807) is 7.11 Å². The molecule has 1 saturated carbocycles. The summed E-state index contributed by atoms with van der Waals surface area (Å²) in [6, 6.07) is 0.360. The third kappa shape index (κ3) is 3.19. The van der Waals surface area contributed by atoms with Crippen LogP contribution in [0, 0.1) is 5.92 Å². The summed E-state index contributed by atoms with van der Waals surface area (Å²) in [5.41, 5.74) is 0. The molecule has 16 heavy (non-hydrogen) atoms. The minimum Gasteiger partial charge on any atom is -0.381 e. The Morgan fingerprint density at radius 3 is 2.94 bits per heavy atom. The van der Waals surface area contributed by atoms with Crippen LogP contribution in [0.4, 0.5) is 0 Å². The van der Waals surface area contributed by atoms with Crippen molar-refractivity contribution in [3.63, 3.8) is 0 Å². The second-order valence-electron chi connectivity index (χ2n) is 4.99. The third-order valence-electron chi connectivity index (χ3n) is 3.74. The molecule has 0 spiro atoms. The quantitative estimate of drug-likeness (QED) is 0.724. The molecule has 2 aliphatic rings. The van der Waals surface area contributed by atoms with Crippen LogP contribution in [0.1, 0.15) is 32.1 Å². The van der Waals surface area contributed by atoms with E-state index in [4.69, 9.17) is 4.74 Å². The first-order chi connectivity index (χ1) is 7.78. The van der Waals surface area contributed by atoms with Crippen LogP contribution in [0.3, 0.4) is 0 Å². The Kier molecular flexibility index (Phi) is 4.18. The van der Waals surface area contributed by atoms with Gasteiger partial charge in [-0.1, -0.05) is 0 Å². The number of hydrogen-bond acceptors (Lipinski definition) is 3. The van der Waals surface area contributed by atoms with Crippen LogP contribution in [0.5, 0.6) is 0 Å². The monoisotopic (exact) mass is 226 g/mol. The number of nitrogens with one attached hydrogen (secondary N) is 2. The Balaban J connectivity index is 1.54. The zero-order valence-corrected chi connectivity index (χ0v) is 10.00. The molecular formula is C12H22N2O2. The highest BCUT2D eigenvalue weighted by Gasteiger charge is 2.30. The van der Waals surface area contributed by atoms with E-state index in [1.165, 1.54) is 6.42 Å². The Morgan fingerprint density at radius 2 is 2.31 bits per heavy atom. The minimum absolute atomic E-state index is 0.214. The summed E-state index contributed by atoms with van der Waals surface area (Å²) in [5.74, 6) is 0.922. The van der Waals surface area contributed by atoms with Crippen LogP contribution in [-0.2, 0) is 9.53 Å². The Bertz CT molecular complexity index is 233. The highest BCUT2D eigenvalue weighted by atomic mass is 16.5. The normalized spacial score (nSPS) is 33.4. The Hall–Kier alpha value is -0.610. The molecule has 1 aliphatic carbocycles. The van der Waals surface area contributed by atoms with Crippen LogP contribution in [0.15, 0.2) is 0 Å². The maximum absolute atomic E-state index is 11.6. The number of methoxy groups -OCH3 is 1. The molecule has 1 saturated heterocycles. The van der Waals surface area contributed by atoms with Crippen LogP contribution in [0.25, 0.3) is 0 Å². The SMILES string of the molecule is COC1CC(NC(=O)CCC2CCNC2)C1. The lowest BCUT2D eigenvalue weighted by atomic mass is 9.89. The lowest BCUT2D eigenvalue weighted by Crippen LogP contribution is -2.47. The van der Waals surface area contributed by atoms with Crippen molar-refractivity contribution in [1.29, 1.82) is 0 Å². The van der Waals surface area contributed by atoms with Crippen molar-refractivity contribution < 1.29 is 9.53 Å². The third-order valence-corrected chi connectivity index (χ3v) is 3.74. The molecular weight excluding hydrogens is 204 g/mol. The van der Waals surface area contributed by atoms with Gasteiger partial charge in [0, 0.05) is 19.6 Å². The second-order valence-corrected chi connectivity index (χ2v) is 4.99. The Morgan fingerprint density at radius 1 is 1.50 bits per heavy atom. The van der Waals surface area contributed by atoms with Crippen molar-refractivity contribution in [2.75, 3.05) is 20.2 Å². The van der Waals surface area contributed by atoms with Crippen molar-refractivity contribution >= 4 is 5.91 Å². The van der Waals surface area contributed by atoms with Gasteiger partial charge in [-0.05, 0) is 44.7 Å². The standard InChI is InChI=1S/C12H22N2O2/c1-16-11-6-10(7-11)14-12(15)3-2-9-4-5-13-8-9/h9-11,13H,2-8H2,1H3,(H,14,15). The number of amides is 1.